The summed E-state index contributed by atoms with van der Waals surface area (Å²) in [6, 6.07) is 0.854. The Morgan fingerprint density at radius 1 is 1.22 bits per heavy atom. The zero-order valence-corrected chi connectivity index (χ0v) is 12.1. The molecule has 2 aliphatic heterocycles. The Balaban J connectivity index is 1.67. The summed E-state index contributed by atoms with van der Waals surface area (Å²) >= 11 is 0. The fraction of sp³-hybridized carbons (Fsp3) is 1.00. The van der Waals surface area contributed by atoms with Crippen molar-refractivity contribution in [1.29, 1.82) is 0 Å². The Morgan fingerprint density at radius 3 is 2.83 bits per heavy atom. The SMILES string of the molecule is CC(O)CCCCN1CCC2C(CCCN2C)C1. The van der Waals surface area contributed by atoms with Gasteiger partial charge in [-0.2, -0.15) is 0 Å². The Kier molecular flexibility index (Phi) is 5.46. The molecule has 0 saturated carbocycles. The molecule has 0 spiro atoms. The number of hydrogen-bond donors (Lipinski definition) is 1. The second-order valence-electron chi connectivity index (χ2n) is 6.38. The van der Waals surface area contributed by atoms with Gasteiger partial charge in [-0.15, -0.1) is 0 Å². The van der Waals surface area contributed by atoms with Crippen LogP contribution in [0.15, 0.2) is 0 Å². The predicted molar refractivity (Wildman–Crippen MR) is 75.7 cm³/mol. The highest BCUT2D eigenvalue weighted by Crippen LogP contribution is 2.29. The summed E-state index contributed by atoms with van der Waals surface area (Å²) in [4.78, 5) is 5.24. The summed E-state index contributed by atoms with van der Waals surface area (Å²) in [7, 11) is 2.30. The largest absolute Gasteiger partial charge is 0.393 e. The van der Waals surface area contributed by atoms with E-state index in [0.717, 1.165) is 18.4 Å². The van der Waals surface area contributed by atoms with Crippen molar-refractivity contribution in [3.63, 3.8) is 0 Å². The van der Waals surface area contributed by atoms with Gasteiger partial charge in [-0.25, -0.2) is 0 Å². The van der Waals surface area contributed by atoms with Gasteiger partial charge in [0.25, 0.3) is 0 Å². The third-order valence-corrected chi connectivity index (χ3v) is 4.78. The third kappa shape index (κ3) is 3.94. The summed E-state index contributed by atoms with van der Waals surface area (Å²) in [5, 5.41) is 9.25. The van der Waals surface area contributed by atoms with Crippen molar-refractivity contribution < 1.29 is 5.11 Å². The van der Waals surface area contributed by atoms with Gasteiger partial charge in [0.1, 0.15) is 0 Å². The van der Waals surface area contributed by atoms with Crippen LogP contribution in [0.3, 0.4) is 0 Å². The molecule has 3 unspecified atom stereocenters. The Hall–Kier alpha value is -0.120. The number of nitrogens with zero attached hydrogens (tertiary/aromatic N) is 2. The van der Waals surface area contributed by atoms with E-state index in [-0.39, 0.29) is 6.10 Å². The smallest absolute Gasteiger partial charge is 0.0512 e. The zero-order chi connectivity index (χ0) is 13.0. The molecular weight excluding hydrogens is 224 g/mol. The fourth-order valence-corrected chi connectivity index (χ4v) is 3.71. The van der Waals surface area contributed by atoms with Crippen LogP contribution in [-0.4, -0.2) is 60.3 Å². The monoisotopic (exact) mass is 254 g/mol. The van der Waals surface area contributed by atoms with E-state index >= 15 is 0 Å². The molecule has 0 radical (unpaired) electrons. The van der Waals surface area contributed by atoms with Gasteiger partial charge in [0.2, 0.25) is 0 Å². The lowest BCUT2D eigenvalue weighted by Gasteiger charge is -2.46. The van der Waals surface area contributed by atoms with Gasteiger partial charge in [-0.3, -0.25) is 0 Å². The highest BCUT2D eigenvalue weighted by Gasteiger charge is 2.33. The van der Waals surface area contributed by atoms with E-state index in [1.807, 2.05) is 6.92 Å². The normalized spacial score (nSPS) is 32.2. The van der Waals surface area contributed by atoms with E-state index < -0.39 is 0 Å². The Morgan fingerprint density at radius 2 is 2.06 bits per heavy atom. The maximum absolute atomic E-state index is 9.25. The first-order valence-electron chi connectivity index (χ1n) is 7.77. The molecule has 2 saturated heterocycles. The van der Waals surface area contributed by atoms with Crippen LogP contribution in [0.2, 0.25) is 0 Å². The Bertz CT molecular complexity index is 245. The molecule has 0 amide bonds. The van der Waals surface area contributed by atoms with Gasteiger partial charge in [-0.05, 0) is 78.0 Å². The molecule has 1 N–H and O–H groups in total. The summed E-state index contributed by atoms with van der Waals surface area (Å²) in [6.07, 6.45) is 7.43. The molecule has 3 heteroatoms. The van der Waals surface area contributed by atoms with Crippen LogP contribution in [0.1, 0.15) is 45.4 Å². The summed E-state index contributed by atoms with van der Waals surface area (Å²) in [5.41, 5.74) is 0. The van der Waals surface area contributed by atoms with Gasteiger partial charge in [0, 0.05) is 12.6 Å². The maximum Gasteiger partial charge on any atom is 0.0512 e. The van der Waals surface area contributed by atoms with Gasteiger partial charge >= 0.3 is 0 Å². The molecule has 3 atom stereocenters. The molecular formula is C15H30N2O. The molecule has 3 nitrogen and oxygen atoms in total. The van der Waals surface area contributed by atoms with Gasteiger partial charge < -0.3 is 14.9 Å². The lowest BCUT2D eigenvalue weighted by Crippen LogP contribution is -2.52. The van der Waals surface area contributed by atoms with Crippen molar-refractivity contribution in [3.8, 4) is 0 Å². The molecule has 0 bridgehead atoms. The first kappa shape index (κ1) is 14.3. The second-order valence-corrected chi connectivity index (χ2v) is 6.38. The molecule has 0 aromatic rings. The van der Waals surface area contributed by atoms with E-state index in [4.69, 9.17) is 0 Å². The number of rotatable bonds is 5. The van der Waals surface area contributed by atoms with Crippen molar-refractivity contribution in [2.45, 2.75) is 57.6 Å². The van der Waals surface area contributed by atoms with Gasteiger partial charge in [-0.1, -0.05) is 0 Å². The van der Waals surface area contributed by atoms with Crippen LogP contribution in [0.4, 0.5) is 0 Å². The van der Waals surface area contributed by atoms with Crippen molar-refractivity contribution in [2.75, 3.05) is 33.2 Å². The molecule has 2 fully saturated rings. The molecule has 2 heterocycles. The zero-order valence-electron chi connectivity index (χ0n) is 12.1. The maximum atomic E-state index is 9.25. The minimum Gasteiger partial charge on any atom is -0.393 e. The molecule has 106 valence electrons. The van der Waals surface area contributed by atoms with Crippen LogP contribution >= 0.6 is 0 Å². The molecule has 2 aliphatic rings. The van der Waals surface area contributed by atoms with Crippen molar-refractivity contribution in [3.05, 3.63) is 0 Å². The van der Waals surface area contributed by atoms with Crippen molar-refractivity contribution in [1.82, 2.24) is 9.80 Å². The molecule has 2 rings (SSSR count). The molecule has 18 heavy (non-hydrogen) atoms. The first-order valence-corrected chi connectivity index (χ1v) is 7.77. The van der Waals surface area contributed by atoms with Crippen LogP contribution in [-0.2, 0) is 0 Å². The highest BCUT2D eigenvalue weighted by molar-refractivity contribution is 4.89. The minimum atomic E-state index is -0.122. The van der Waals surface area contributed by atoms with Crippen LogP contribution < -0.4 is 0 Å². The average Bonchev–Trinajstić information content (AvgIpc) is 2.35. The number of fused-ring (bicyclic) bond motifs is 1. The van der Waals surface area contributed by atoms with Crippen LogP contribution in [0.5, 0.6) is 0 Å². The standard InChI is InChI=1S/C15H30N2O/c1-13(18)6-3-4-10-17-11-8-15-14(12-17)7-5-9-16(15)2/h13-15,18H,3-12H2,1-2H3. The number of likely N-dealkylation sites (tertiary alicyclic amines) is 2. The number of hydrogen-bond acceptors (Lipinski definition) is 3. The number of aliphatic hydroxyl groups excluding tert-OH is 1. The third-order valence-electron chi connectivity index (χ3n) is 4.78. The van der Waals surface area contributed by atoms with Crippen LogP contribution in [0.25, 0.3) is 0 Å². The first-order chi connectivity index (χ1) is 8.66. The van der Waals surface area contributed by atoms with E-state index in [0.29, 0.717) is 0 Å². The van der Waals surface area contributed by atoms with Gasteiger partial charge in [0.15, 0.2) is 0 Å². The van der Waals surface area contributed by atoms with Crippen LogP contribution in [0, 0.1) is 5.92 Å². The lowest BCUT2D eigenvalue weighted by molar-refractivity contribution is 0.0376. The summed E-state index contributed by atoms with van der Waals surface area (Å²) in [6.45, 7) is 7.02. The number of aliphatic hydroxyl groups is 1. The Labute approximate surface area is 112 Å². The topological polar surface area (TPSA) is 26.7 Å². The van der Waals surface area contributed by atoms with Crippen molar-refractivity contribution in [2.24, 2.45) is 5.92 Å². The average molecular weight is 254 g/mol. The summed E-state index contributed by atoms with van der Waals surface area (Å²) in [5.74, 6) is 0.911. The summed E-state index contributed by atoms with van der Waals surface area (Å²) < 4.78 is 0. The molecule has 0 aliphatic carbocycles. The van der Waals surface area contributed by atoms with E-state index in [2.05, 4.69) is 16.8 Å². The van der Waals surface area contributed by atoms with Gasteiger partial charge in [0.05, 0.1) is 6.10 Å². The number of piperidine rings is 2. The van der Waals surface area contributed by atoms with E-state index in [1.165, 1.54) is 58.3 Å². The quantitative estimate of drug-likeness (QED) is 0.760. The van der Waals surface area contributed by atoms with E-state index in [1.54, 1.807) is 0 Å². The highest BCUT2D eigenvalue weighted by atomic mass is 16.3. The molecule has 0 aromatic carbocycles. The molecule has 0 aromatic heterocycles. The second kappa shape index (κ2) is 6.88. The predicted octanol–water partition coefficient (Wildman–Crippen LogP) is 1.95. The number of unbranched alkanes of at least 4 members (excludes halogenated alkanes) is 1. The minimum absolute atomic E-state index is 0.122. The van der Waals surface area contributed by atoms with Crippen molar-refractivity contribution >= 4 is 0 Å². The lowest BCUT2D eigenvalue weighted by atomic mass is 9.84. The van der Waals surface area contributed by atoms with E-state index in [9.17, 15) is 5.11 Å². The fourth-order valence-electron chi connectivity index (χ4n) is 3.71.